The van der Waals surface area contributed by atoms with Gasteiger partial charge in [0.25, 0.3) is 0 Å². The van der Waals surface area contributed by atoms with Crippen molar-refractivity contribution < 1.29 is 9.79 Å². The van der Waals surface area contributed by atoms with Crippen LogP contribution in [-0.4, -0.2) is 27.1 Å². The van der Waals surface area contributed by atoms with E-state index in [-0.39, 0.29) is 0 Å². The molecule has 1 aliphatic heterocycles. The van der Waals surface area contributed by atoms with Crippen molar-refractivity contribution in [1.82, 2.24) is 0 Å². The molecular formula is C14H20N3O+. The van der Waals surface area contributed by atoms with Gasteiger partial charge in [0.05, 0.1) is 16.7 Å². The Morgan fingerprint density at radius 2 is 1.78 bits per heavy atom. The Labute approximate surface area is 107 Å². The van der Waals surface area contributed by atoms with E-state index in [0.29, 0.717) is 5.84 Å². The summed E-state index contributed by atoms with van der Waals surface area (Å²) in [4.78, 5) is 0. The van der Waals surface area contributed by atoms with Crippen LogP contribution in [0.3, 0.4) is 0 Å². The van der Waals surface area contributed by atoms with Crippen molar-refractivity contribution in [2.75, 3.05) is 0 Å². The monoisotopic (exact) mass is 246 g/mol. The molecular weight excluding hydrogens is 226 g/mol. The molecule has 1 aromatic carbocycles. The molecule has 4 nitrogen and oxygen atoms in total. The van der Waals surface area contributed by atoms with Crippen molar-refractivity contribution in [3.05, 3.63) is 35.9 Å². The molecule has 0 aromatic heterocycles. The van der Waals surface area contributed by atoms with E-state index >= 15 is 0 Å². The van der Waals surface area contributed by atoms with Gasteiger partial charge in [-0.05, 0) is 32.9 Å². The molecule has 0 fully saturated rings. The fourth-order valence-corrected chi connectivity index (χ4v) is 2.00. The van der Waals surface area contributed by atoms with Crippen LogP contribution in [0.15, 0.2) is 35.4 Å². The van der Waals surface area contributed by atoms with Gasteiger partial charge in [-0.3, -0.25) is 5.73 Å². The lowest BCUT2D eigenvalue weighted by Gasteiger charge is -2.30. The maximum Gasteiger partial charge on any atom is 0.303 e. The predicted octanol–water partition coefficient (Wildman–Crippen LogP) is 1.53. The van der Waals surface area contributed by atoms with Gasteiger partial charge in [-0.2, -0.15) is 0 Å². The molecule has 0 aliphatic carbocycles. The first-order valence-electron chi connectivity index (χ1n) is 6.04. The molecule has 0 radical (unpaired) electrons. The van der Waals surface area contributed by atoms with Crippen molar-refractivity contribution >= 4 is 11.5 Å². The number of aliphatic hydroxyl groups is 1. The third-order valence-corrected chi connectivity index (χ3v) is 4.05. The summed E-state index contributed by atoms with van der Waals surface area (Å²) in [7, 11) is 0. The minimum atomic E-state index is -1.13. The molecule has 1 atom stereocenters. The molecule has 96 valence electrons. The molecule has 3 N–H and O–H groups in total. The number of hydrazone groups is 1. The van der Waals surface area contributed by atoms with E-state index in [1.165, 1.54) is 4.68 Å². The van der Waals surface area contributed by atoms with E-state index in [1.54, 1.807) is 6.92 Å². The third-order valence-electron chi connectivity index (χ3n) is 4.05. The van der Waals surface area contributed by atoms with Crippen LogP contribution >= 0.6 is 0 Å². The summed E-state index contributed by atoms with van der Waals surface area (Å²) < 4.78 is 1.51. The average Bonchev–Trinajstić information content (AvgIpc) is 2.49. The number of benzene rings is 1. The highest BCUT2D eigenvalue weighted by molar-refractivity contribution is 5.95. The molecule has 2 rings (SSSR count). The second-order valence-corrected chi connectivity index (χ2v) is 5.39. The number of hydrogen-bond acceptors (Lipinski definition) is 2. The highest BCUT2D eigenvalue weighted by Gasteiger charge is 2.54. The van der Waals surface area contributed by atoms with Crippen LogP contribution in [0.4, 0.5) is 0 Å². The zero-order valence-corrected chi connectivity index (χ0v) is 11.3. The van der Waals surface area contributed by atoms with Gasteiger partial charge in [0.2, 0.25) is 5.72 Å². The summed E-state index contributed by atoms with van der Waals surface area (Å²) in [6.45, 7) is 7.57. The van der Waals surface area contributed by atoms with Crippen molar-refractivity contribution in [1.29, 1.82) is 0 Å². The first-order valence-corrected chi connectivity index (χ1v) is 6.04. The van der Waals surface area contributed by atoms with Crippen molar-refractivity contribution in [2.24, 2.45) is 16.3 Å². The third kappa shape index (κ3) is 1.64. The molecule has 0 saturated carbocycles. The van der Waals surface area contributed by atoms with Crippen LogP contribution in [0.5, 0.6) is 0 Å². The fraction of sp³-hybridized carbons (Fsp3) is 0.429. The summed E-state index contributed by atoms with van der Waals surface area (Å²) in [5.41, 5.74) is 6.29. The van der Waals surface area contributed by atoms with E-state index in [1.807, 2.05) is 51.1 Å². The summed E-state index contributed by atoms with van der Waals surface area (Å²) in [6, 6.07) is 9.56. The molecule has 1 aliphatic rings. The Hall–Kier alpha value is -1.68. The first-order chi connectivity index (χ1) is 8.28. The number of nitrogens with zero attached hydrogens (tertiary/aromatic N) is 2. The Bertz CT molecular complexity index is 527. The summed E-state index contributed by atoms with van der Waals surface area (Å²) in [5, 5.41) is 15.1. The lowest BCUT2D eigenvalue weighted by molar-refractivity contribution is -0.661. The Balaban J connectivity index is 2.59. The molecule has 4 heteroatoms. The van der Waals surface area contributed by atoms with Crippen molar-refractivity contribution in [3.63, 3.8) is 0 Å². The quantitative estimate of drug-likeness (QED) is 0.583. The largest absolute Gasteiger partial charge is 0.351 e. The molecule has 1 unspecified atom stereocenters. The average molecular weight is 246 g/mol. The van der Waals surface area contributed by atoms with Crippen LogP contribution in [0.1, 0.15) is 33.3 Å². The minimum Gasteiger partial charge on any atom is -0.351 e. The molecule has 0 bridgehead atoms. The normalized spacial score (nSPS) is 29.1. The SMILES string of the molecule is CC1=N/[N+](=C(/N)c2ccccc2)C(C)(O)C1(C)C. The molecule has 18 heavy (non-hydrogen) atoms. The van der Waals surface area contributed by atoms with E-state index in [4.69, 9.17) is 5.73 Å². The van der Waals surface area contributed by atoms with E-state index < -0.39 is 11.1 Å². The van der Waals surface area contributed by atoms with Gasteiger partial charge in [-0.15, -0.1) is 4.68 Å². The molecule has 0 saturated heterocycles. The Morgan fingerprint density at radius 1 is 1.22 bits per heavy atom. The lowest BCUT2D eigenvalue weighted by Crippen LogP contribution is -2.50. The molecule has 1 aromatic rings. The highest BCUT2D eigenvalue weighted by atomic mass is 16.3. The number of hydrogen-bond donors (Lipinski definition) is 2. The minimum absolute atomic E-state index is 0.438. The summed E-state index contributed by atoms with van der Waals surface area (Å²) in [6.07, 6.45) is 0. The maximum atomic E-state index is 10.7. The van der Waals surface area contributed by atoms with Crippen molar-refractivity contribution in [3.8, 4) is 0 Å². The smallest absolute Gasteiger partial charge is 0.303 e. The van der Waals surface area contributed by atoms with Crippen molar-refractivity contribution in [2.45, 2.75) is 33.4 Å². The topological polar surface area (TPSA) is 61.6 Å². The van der Waals surface area contributed by atoms with Crippen LogP contribution in [0, 0.1) is 5.41 Å². The summed E-state index contributed by atoms with van der Waals surface area (Å²) in [5.74, 6) is 0.463. The molecule has 0 spiro atoms. The second-order valence-electron chi connectivity index (χ2n) is 5.39. The van der Waals surface area contributed by atoms with Gasteiger partial charge in [0.1, 0.15) is 0 Å². The number of rotatable bonds is 1. The zero-order valence-electron chi connectivity index (χ0n) is 11.3. The molecule has 0 amide bonds. The van der Waals surface area contributed by atoms with Crippen LogP contribution in [-0.2, 0) is 0 Å². The highest BCUT2D eigenvalue weighted by Crippen LogP contribution is 2.38. The fourth-order valence-electron chi connectivity index (χ4n) is 2.00. The van der Waals surface area contributed by atoms with Gasteiger partial charge >= 0.3 is 5.84 Å². The standard InChI is InChI=1S/C14H19N3O/c1-10-13(2,3)14(4,18)17(16-10)12(15)11-8-6-5-7-9-11/h5-9,15,18H,1-4H3/p+1. The van der Waals surface area contributed by atoms with Crippen LogP contribution < -0.4 is 5.73 Å². The maximum absolute atomic E-state index is 10.7. The van der Waals surface area contributed by atoms with Gasteiger partial charge in [-0.1, -0.05) is 23.3 Å². The molecule has 1 heterocycles. The van der Waals surface area contributed by atoms with Gasteiger partial charge in [0.15, 0.2) is 0 Å². The second kappa shape index (κ2) is 3.92. The van der Waals surface area contributed by atoms with Gasteiger partial charge in [-0.25, -0.2) is 0 Å². The zero-order chi connectivity index (χ0) is 13.6. The van der Waals surface area contributed by atoms with Gasteiger partial charge < -0.3 is 5.11 Å². The Morgan fingerprint density at radius 3 is 2.22 bits per heavy atom. The summed E-state index contributed by atoms with van der Waals surface area (Å²) >= 11 is 0. The predicted molar refractivity (Wildman–Crippen MR) is 72.5 cm³/mol. The van der Waals surface area contributed by atoms with Crippen LogP contribution in [0.25, 0.3) is 0 Å². The van der Waals surface area contributed by atoms with E-state index in [9.17, 15) is 5.11 Å². The Kier molecular flexibility index (Phi) is 2.78. The number of nitrogens with two attached hydrogens (primary N) is 1. The van der Waals surface area contributed by atoms with E-state index in [0.717, 1.165) is 11.3 Å². The van der Waals surface area contributed by atoms with E-state index in [2.05, 4.69) is 5.10 Å². The lowest BCUT2D eigenvalue weighted by atomic mass is 9.79. The van der Waals surface area contributed by atoms with Gasteiger partial charge in [0, 0.05) is 6.92 Å². The first kappa shape index (κ1) is 12.8. The number of amidine groups is 1. The van der Waals surface area contributed by atoms with Crippen LogP contribution in [0.2, 0.25) is 0 Å².